The fourth-order valence-electron chi connectivity index (χ4n) is 14.9. The molecule has 1 aliphatic heterocycles. The first-order chi connectivity index (χ1) is 31.4. The second-order valence-electron chi connectivity index (χ2n) is 22.8. The molecule has 0 aromatic heterocycles. The molecule has 14 rings (SSSR count). The highest BCUT2D eigenvalue weighted by Gasteiger charge is 2.62. The number of ether oxygens (including phenoxy) is 1. The molecule has 4 bridgehead atoms. The van der Waals surface area contributed by atoms with Crippen LogP contribution < -0.4 is 9.64 Å². The number of hydrogen-bond donors (Lipinski definition) is 0. The summed E-state index contributed by atoms with van der Waals surface area (Å²) in [5.41, 5.74) is 19.5. The van der Waals surface area contributed by atoms with Crippen LogP contribution in [0.5, 0.6) is 11.5 Å². The molecule has 7 aromatic rings. The van der Waals surface area contributed by atoms with E-state index in [4.69, 9.17) is 4.74 Å². The molecule has 2 nitrogen and oxygen atoms in total. The Kier molecular flexibility index (Phi) is 8.41. The van der Waals surface area contributed by atoms with Crippen LogP contribution >= 0.6 is 0 Å². The third-order valence-corrected chi connectivity index (χ3v) is 18.0. The fourth-order valence-corrected chi connectivity index (χ4v) is 14.9. The van der Waals surface area contributed by atoms with E-state index in [1.165, 1.54) is 122 Å². The Morgan fingerprint density at radius 1 is 0.446 bits per heavy atom. The minimum atomic E-state index is -0.158. The van der Waals surface area contributed by atoms with Crippen molar-refractivity contribution >= 4 is 17.1 Å². The van der Waals surface area contributed by atoms with Gasteiger partial charge in [0, 0.05) is 44.5 Å². The molecule has 2 heteroatoms. The molecular formula is C63H61NO. The molecule has 0 radical (unpaired) electrons. The van der Waals surface area contributed by atoms with Crippen molar-refractivity contribution in [1.82, 2.24) is 0 Å². The molecule has 6 aliphatic carbocycles. The summed E-state index contributed by atoms with van der Waals surface area (Å²) in [6.45, 7) is 14.6. The average Bonchev–Trinajstić information content (AvgIpc) is 3.54. The summed E-state index contributed by atoms with van der Waals surface area (Å²) in [6.07, 6.45) is 9.00. The van der Waals surface area contributed by atoms with Crippen LogP contribution in [-0.4, -0.2) is 0 Å². The zero-order valence-electron chi connectivity index (χ0n) is 39.0. The van der Waals surface area contributed by atoms with Crippen LogP contribution in [0.2, 0.25) is 0 Å². The topological polar surface area (TPSA) is 12.5 Å². The first-order valence-electron chi connectivity index (χ1n) is 24.7. The van der Waals surface area contributed by atoms with Crippen molar-refractivity contribution in [3.8, 4) is 44.9 Å². The van der Waals surface area contributed by atoms with Crippen molar-refractivity contribution in [3.05, 3.63) is 185 Å². The Balaban J connectivity index is 1.17. The van der Waals surface area contributed by atoms with E-state index in [1.807, 2.05) is 0 Å². The van der Waals surface area contributed by atoms with E-state index >= 15 is 0 Å². The third kappa shape index (κ3) is 5.58. The minimum absolute atomic E-state index is 0.0349. The van der Waals surface area contributed by atoms with E-state index in [0.717, 1.165) is 29.8 Å². The summed E-state index contributed by atoms with van der Waals surface area (Å²) in [4.78, 5) is 2.65. The Hall–Kier alpha value is -5.86. The maximum Gasteiger partial charge on any atom is 0.141 e. The Labute approximate surface area is 386 Å². The van der Waals surface area contributed by atoms with E-state index in [2.05, 4.69) is 198 Å². The van der Waals surface area contributed by atoms with Crippen LogP contribution in [0.3, 0.4) is 0 Å². The molecule has 0 atom stereocenters. The smallest absolute Gasteiger partial charge is 0.141 e. The number of hydrogen-bond acceptors (Lipinski definition) is 2. The summed E-state index contributed by atoms with van der Waals surface area (Å²) >= 11 is 0. The second kappa shape index (κ2) is 13.8. The molecule has 0 saturated heterocycles. The summed E-state index contributed by atoms with van der Waals surface area (Å²) < 4.78 is 7.62. The average molecular weight is 848 g/mol. The van der Waals surface area contributed by atoms with Crippen molar-refractivity contribution in [3.63, 3.8) is 0 Å². The predicted molar refractivity (Wildman–Crippen MR) is 269 cm³/mol. The van der Waals surface area contributed by atoms with Gasteiger partial charge in [-0.15, -0.1) is 0 Å². The molecule has 0 unspecified atom stereocenters. The van der Waals surface area contributed by atoms with E-state index in [9.17, 15) is 0 Å². The monoisotopic (exact) mass is 847 g/mol. The lowest BCUT2D eigenvalue weighted by Crippen LogP contribution is -2.57. The van der Waals surface area contributed by atoms with Crippen molar-refractivity contribution < 1.29 is 4.74 Å². The van der Waals surface area contributed by atoms with Gasteiger partial charge >= 0.3 is 0 Å². The molecule has 0 N–H and O–H groups in total. The highest BCUT2D eigenvalue weighted by atomic mass is 16.5. The van der Waals surface area contributed by atoms with Crippen molar-refractivity contribution in [2.24, 2.45) is 23.7 Å². The lowest BCUT2D eigenvalue weighted by atomic mass is 9.41. The quantitative estimate of drug-likeness (QED) is 0.171. The van der Waals surface area contributed by atoms with Crippen LogP contribution in [0.1, 0.15) is 120 Å². The molecular weight excluding hydrogens is 787 g/mol. The van der Waals surface area contributed by atoms with Crippen LogP contribution in [0.25, 0.3) is 33.4 Å². The van der Waals surface area contributed by atoms with Crippen LogP contribution in [0, 0.1) is 23.7 Å². The van der Waals surface area contributed by atoms with Gasteiger partial charge in [-0.1, -0.05) is 157 Å². The second-order valence-corrected chi connectivity index (χ2v) is 22.8. The number of fused-ring (bicyclic) bond motifs is 6. The van der Waals surface area contributed by atoms with E-state index in [-0.39, 0.29) is 21.7 Å². The van der Waals surface area contributed by atoms with Gasteiger partial charge in [-0.3, -0.25) is 0 Å². The van der Waals surface area contributed by atoms with Gasteiger partial charge in [-0.25, -0.2) is 0 Å². The number of anilines is 3. The van der Waals surface area contributed by atoms with E-state index in [0.29, 0.717) is 11.8 Å². The molecule has 1 spiro atoms. The molecule has 1 heterocycles. The molecule has 7 aliphatic rings. The summed E-state index contributed by atoms with van der Waals surface area (Å²) in [6, 6.07) is 58.3. The Morgan fingerprint density at radius 3 is 1.69 bits per heavy atom. The van der Waals surface area contributed by atoms with Gasteiger partial charge < -0.3 is 9.64 Å². The lowest BCUT2D eigenvalue weighted by molar-refractivity contribution is -0.0451. The van der Waals surface area contributed by atoms with E-state index < -0.39 is 0 Å². The molecule has 324 valence electrons. The number of para-hydroxylation sites is 1. The zero-order chi connectivity index (χ0) is 44.0. The van der Waals surface area contributed by atoms with Gasteiger partial charge in [-0.05, 0) is 160 Å². The van der Waals surface area contributed by atoms with E-state index in [1.54, 1.807) is 0 Å². The first kappa shape index (κ1) is 39.5. The standard InChI is InChI=1S/C63H61NO/c1-60(2)29-30-61(3,4)54-37-46(26-28-51(54)60)64(45-25-27-48-47-21-13-14-22-50(47)62(5,6)53(48)36-45)58-49(41-17-9-7-10-18-41)38-55-59(57(58)42-19-11-8-12-20-42)65-56-24-16-15-23-52(56)63(55)43-32-39-31-40(34-43)35-44(63)33-39/h7-28,36-40,43-44H,29-35H2,1-6H3. The lowest BCUT2D eigenvalue weighted by Gasteiger charge is -2.63. The van der Waals surface area contributed by atoms with Gasteiger partial charge in [-0.2, -0.15) is 0 Å². The number of benzene rings is 7. The highest BCUT2D eigenvalue weighted by molar-refractivity contribution is 6.02. The van der Waals surface area contributed by atoms with Gasteiger partial charge in [0.1, 0.15) is 11.5 Å². The maximum atomic E-state index is 7.62. The van der Waals surface area contributed by atoms with Gasteiger partial charge in [0.25, 0.3) is 0 Å². The SMILES string of the molecule is CC1(C)CCC(C)(C)c2cc(N(c3ccc4c(c3)C(C)(C)c3ccccc3-4)c3c(-c4ccccc4)cc4c(c3-c3ccccc3)Oc3ccccc3C43C4CC5CC(C4)CC3C5)ccc21. The molecule has 4 fully saturated rings. The van der Waals surface area contributed by atoms with Crippen molar-refractivity contribution in [2.45, 2.75) is 108 Å². The van der Waals surface area contributed by atoms with Crippen LogP contribution in [-0.2, 0) is 21.7 Å². The zero-order valence-corrected chi connectivity index (χ0v) is 39.0. The van der Waals surface area contributed by atoms with Crippen LogP contribution in [0.15, 0.2) is 152 Å². The van der Waals surface area contributed by atoms with Gasteiger partial charge in [0.05, 0.1) is 5.69 Å². The fraction of sp³-hybridized carbons (Fsp3) is 0.333. The van der Waals surface area contributed by atoms with Crippen molar-refractivity contribution in [2.75, 3.05) is 4.90 Å². The number of rotatable bonds is 5. The Morgan fingerprint density at radius 2 is 1.00 bits per heavy atom. The normalized spacial score (nSPS) is 25.2. The molecule has 65 heavy (non-hydrogen) atoms. The van der Waals surface area contributed by atoms with Gasteiger partial charge in [0.2, 0.25) is 0 Å². The van der Waals surface area contributed by atoms with Crippen LogP contribution in [0.4, 0.5) is 17.1 Å². The third-order valence-electron chi connectivity index (χ3n) is 18.0. The minimum Gasteiger partial charge on any atom is -0.456 e. The Bertz CT molecular complexity index is 3030. The molecule has 7 aromatic carbocycles. The summed E-state index contributed by atoms with van der Waals surface area (Å²) in [5, 5.41) is 0. The predicted octanol–water partition coefficient (Wildman–Crippen LogP) is 17.0. The first-order valence-corrected chi connectivity index (χ1v) is 24.7. The van der Waals surface area contributed by atoms with Gasteiger partial charge in [0.15, 0.2) is 0 Å². The molecule has 0 amide bonds. The largest absolute Gasteiger partial charge is 0.456 e. The van der Waals surface area contributed by atoms with Crippen molar-refractivity contribution in [1.29, 1.82) is 0 Å². The maximum absolute atomic E-state index is 7.62. The highest BCUT2D eigenvalue weighted by Crippen LogP contribution is 2.71. The summed E-state index contributed by atoms with van der Waals surface area (Å²) in [7, 11) is 0. The number of nitrogens with zero attached hydrogens (tertiary/aromatic N) is 1. The molecule has 4 saturated carbocycles. The summed E-state index contributed by atoms with van der Waals surface area (Å²) in [5.74, 6) is 4.95.